The van der Waals surface area contributed by atoms with Crippen LogP contribution < -0.4 is 5.32 Å². The van der Waals surface area contributed by atoms with Crippen LogP contribution in [0.2, 0.25) is 0 Å². The number of carbonyl (C=O) groups is 2. The third-order valence-electron chi connectivity index (χ3n) is 2.95. The lowest BCUT2D eigenvalue weighted by atomic mass is 10.1. The lowest BCUT2D eigenvalue weighted by Crippen LogP contribution is -2.18. The molecule has 1 aromatic heterocycles. The maximum atomic E-state index is 12.2. The number of hydrogen-bond donors (Lipinski definition) is 2. The third kappa shape index (κ3) is 3.46. The van der Waals surface area contributed by atoms with Crippen LogP contribution in [0.4, 0.5) is 5.69 Å². The molecule has 0 spiro atoms. The van der Waals surface area contributed by atoms with Gasteiger partial charge in [-0.25, -0.2) is 4.79 Å². The molecule has 0 bridgehead atoms. The molecule has 2 rings (SSSR count). The van der Waals surface area contributed by atoms with E-state index in [2.05, 4.69) is 26.2 Å². The number of halogens is 1. The number of anilines is 1. The molecule has 108 valence electrons. The number of aromatic nitrogens is 1. The van der Waals surface area contributed by atoms with Gasteiger partial charge in [-0.2, -0.15) is 0 Å². The standard InChI is InChI=1S/C15H13BrN2O3/c1-2-9-8-10(16)5-6-12(9)18-14(19)13-11(15(20)21)4-3-7-17-13/h3-8H,2H2,1H3,(H,18,19)(H,20,21). The third-order valence-corrected chi connectivity index (χ3v) is 3.44. The Balaban J connectivity index is 2.33. The van der Waals surface area contributed by atoms with E-state index < -0.39 is 11.9 Å². The molecule has 0 saturated carbocycles. The fourth-order valence-corrected chi connectivity index (χ4v) is 2.33. The van der Waals surface area contributed by atoms with Crippen LogP contribution in [0.5, 0.6) is 0 Å². The molecule has 0 saturated heterocycles. The Morgan fingerprint density at radius 3 is 2.76 bits per heavy atom. The Morgan fingerprint density at radius 2 is 2.10 bits per heavy atom. The molecule has 0 fully saturated rings. The molecule has 5 nitrogen and oxygen atoms in total. The van der Waals surface area contributed by atoms with E-state index in [1.807, 2.05) is 19.1 Å². The minimum absolute atomic E-state index is 0.102. The Hall–Kier alpha value is -2.21. The maximum absolute atomic E-state index is 12.2. The summed E-state index contributed by atoms with van der Waals surface area (Å²) in [7, 11) is 0. The fraction of sp³-hybridized carbons (Fsp3) is 0.133. The number of nitrogens with zero attached hydrogens (tertiary/aromatic N) is 1. The number of hydrogen-bond acceptors (Lipinski definition) is 3. The van der Waals surface area contributed by atoms with E-state index >= 15 is 0 Å². The van der Waals surface area contributed by atoms with Gasteiger partial charge in [0, 0.05) is 16.4 Å². The highest BCUT2D eigenvalue weighted by atomic mass is 79.9. The van der Waals surface area contributed by atoms with E-state index in [0.29, 0.717) is 5.69 Å². The van der Waals surface area contributed by atoms with Gasteiger partial charge in [-0.15, -0.1) is 0 Å². The van der Waals surface area contributed by atoms with Gasteiger partial charge in [0.25, 0.3) is 5.91 Å². The molecule has 1 amide bonds. The molecule has 0 aliphatic heterocycles. The maximum Gasteiger partial charge on any atom is 0.338 e. The predicted octanol–water partition coefficient (Wildman–Crippen LogP) is 3.36. The molecule has 2 aromatic rings. The first-order chi connectivity index (χ1) is 10.0. The Morgan fingerprint density at radius 1 is 1.33 bits per heavy atom. The highest BCUT2D eigenvalue weighted by Crippen LogP contribution is 2.22. The molecule has 0 aliphatic carbocycles. The number of aryl methyl sites for hydroxylation is 1. The van der Waals surface area contributed by atoms with Crippen molar-refractivity contribution < 1.29 is 14.7 Å². The topological polar surface area (TPSA) is 79.3 Å². The zero-order valence-electron chi connectivity index (χ0n) is 11.3. The molecule has 0 aliphatic rings. The zero-order chi connectivity index (χ0) is 15.4. The van der Waals surface area contributed by atoms with E-state index in [0.717, 1.165) is 16.5 Å². The van der Waals surface area contributed by atoms with Gasteiger partial charge in [-0.05, 0) is 42.3 Å². The average molecular weight is 349 g/mol. The average Bonchev–Trinajstić information content (AvgIpc) is 2.48. The molecule has 0 atom stereocenters. The van der Waals surface area contributed by atoms with Crippen molar-refractivity contribution in [3.05, 3.63) is 57.8 Å². The summed E-state index contributed by atoms with van der Waals surface area (Å²) in [4.78, 5) is 27.2. The van der Waals surface area contributed by atoms with E-state index in [1.165, 1.54) is 18.3 Å². The second kappa shape index (κ2) is 6.49. The summed E-state index contributed by atoms with van der Waals surface area (Å²) < 4.78 is 0.918. The van der Waals surface area contributed by atoms with E-state index in [9.17, 15) is 9.59 Å². The molecule has 1 aromatic carbocycles. The smallest absolute Gasteiger partial charge is 0.338 e. The number of carbonyl (C=O) groups excluding carboxylic acids is 1. The number of pyridine rings is 1. The van der Waals surface area contributed by atoms with Gasteiger partial charge in [0.05, 0.1) is 5.56 Å². The Kier molecular flexibility index (Phi) is 4.70. The van der Waals surface area contributed by atoms with Crippen molar-refractivity contribution in [1.82, 2.24) is 4.98 Å². The van der Waals surface area contributed by atoms with Crippen LogP contribution in [0, 0.1) is 0 Å². The quantitative estimate of drug-likeness (QED) is 0.887. The van der Waals surface area contributed by atoms with Crippen LogP contribution in [-0.2, 0) is 6.42 Å². The van der Waals surface area contributed by atoms with E-state index in [-0.39, 0.29) is 11.3 Å². The van der Waals surface area contributed by atoms with Crippen LogP contribution in [0.3, 0.4) is 0 Å². The first-order valence-corrected chi connectivity index (χ1v) is 7.10. The van der Waals surface area contributed by atoms with Crippen molar-refractivity contribution in [1.29, 1.82) is 0 Å². The van der Waals surface area contributed by atoms with Gasteiger partial charge < -0.3 is 10.4 Å². The number of carboxylic acids is 1. The second-order valence-corrected chi connectivity index (χ2v) is 5.23. The van der Waals surface area contributed by atoms with Crippen LogP contribution in [0.1, 0.15) is 33.3 Å². The molecule has 1 heterocycles. The highest BCUT2D eigenvalue weighted by molar-refractivity contribution is 9.10. The number of rotatable bonds is 4. The van der Waals surface area contributed by atoms with Gasteiger partial charge in [0.15, 0.2) is 0 Å². The lowest BCUT2D eigenvalue weighted by molar-refractivity contribution is 0.0691. The number of amides is 1. The van der Waals surface area contributed by atoms with E-state index in [1.54, 1.807) is 6.07 Å². The van der Waals surface area contributed by atoms with Crippen LogP contribution in [0.25, 0.3) is 0 Å². The van der Waals surface area contributed by atoms with Crippen molar-refractivity contribution in [2.24, 2.45) is 0 Å². The minimum Gasteiger partial charge on any atom is -0.478 e. The second-order valence-electron chi connectivity index (χ2n) is 4.31. The highest BCUT2D eigenvalue weighted by Gasteiger charge is 2.18. The van der Waals surface area contributed by atoms with Crippen molar-refractivity contribution >= 4 is 33.5 Å². The molecule has 0 unspecified atom stereocenters. The summed E-state index contributed by atoms with van der Waals surface area (Å²) in [5.74, 6) is -1.72. The molecular formula is C15H13BrN2O3. The lowest BCUT2D eigenvalue weighted by Gasteiger charge is -2.11. The minimum atomic E-state index is -1.18. The van der Waals surface area contributed by atoms with Crippen LogP contribution in [0.15, 0.2) is 41.0 Å². The summed E-state index contributed by atoms with van der Waals surface area (Å²) in [5, 5.41) is 11.8. The molecular weight excluding hydrogens is 336 g/mol. The van der Waals surface area contributed by atoms with Gasteiger partial charge >= 0.3 is 5.97 Å². The van der Waals surface area contributed by atoms with Gasteiger partial charge in [0.1, 0.15) is 5.69 Å². The number of carboxylic acid groups (broad SMARTS) is 1. The van der Waals surface area contributed by atoms with Gasteiger partial charge in [-0.1, -0.05) is 22.9 Å². The van der Waals surface area contributed by atoms with Crippen LogP contribution >= 0.6 is 15.9 Å². The summed E-state index contributed by atoms with van der Waals surface area (Å²) in [5.41, 5.74) is 1.37. The first-order valence-electron chi connectivity index (χ1n) is 6.31. The summed E-state index contributed by atoms with van der Waals surface area (Å²) in [6, 6.07) is 8.32. The van der Waals surface area contributed by atoms with Crippen molar-refractivity contribution in [3.8, 4) is 0 Å². The normalized spacial score (nSPS) is 10.2. The van der Waals surface area contributed by atoms with Crippen molar-refractivity contribution in [2.75, 3.05) is 5.32 Å². The molecule has 6 heteroatoms. The first kappa shape index (κ1) is 15.2. The summed E-state index contributed by atoms with van der Waals surface area (Å²) in [6.07, 6.45) is 2.13. The number of nitrogens with one attached hydrogen (secondary N) is 1. The van der Waals surface area contributed by atoms with E-state index in [4.69, 9.17) is 5.11 Å². The van der Waals surface area contributed by atoms with Crippen molar-refractivity contribution in [3.63, 3.8) is 0 Å². The fourth-order valence-electron chi connectivity index (χ4n) is 1.92. The summed E-state index contributed by atoms with van der Waals surface area (Å²) in [6.45, 7) is 1.97. The molecule has 21 heavy (non-hydrogen) atoms. The Bertz CT molecular complexity index is 701. The van der Waals surface area contributed by atoms with Crippen molar-refractivity contribution in [2.45, 2.75) is 13.3 Å². The van der Waals surface area contributed by atoms with Gasteiger partial charge in [-0.3, -0.25) is 9.78 Å². The Labute approximate surface area is 130 Å². The number of aromatic carboxylic acids is 1. The predicted molar refractivity (Wildman–Crippen MR) is 82.7 cm³/mol. The SMILES string of the molecule is CCc1cc(Br)ccc1NC(=O)c1ncccc1C(=O)O. The monoisotopic (exact) mass is 348 g/mol. The number of benzene rings is 1. The van der Waals surface area contributed by atoms with Gasteiger partial charge in [0.2, 0.25) is 0 Å². The molecule has 0 radical (unpaired) electrons. The zero-order valence-corrected chi connectivity index (χ0v) is 12.8. The summed E-state index contributed by atoms with van der Waals surface area (Å²) >= 11 is 3.38. The van der Waals surface area contributed by atoms with Crippen LogP contribution in [-0.4, -0.2) is 22.0 Å². The largest absolute Gasteiger partial charge is 0.478 e. The molecule has 2 N–H and O–H groups in total.